The molecule has 3 rings (SSSR count). The van der Waals surface area contributed by atoms with Crippen molar-refractivity contribution in [3.05, 3.63) is 35.5 Å². The Morgan fingerprint density at radius 1 is 1.45 bits per heavy atom. The third-order valence-electron chi connectivity index (χ3n) is 4.87. The Balaban J connectivity index is 2.08. The summed E-state index contributed by atoms with van der Waals surface area (Å²) in [5, 5.41) is 1.34. The molecule has 2 heterocycles. The van der Waals surface area contributed by atoms with Gasteiger partial charge in [-0.25, -0.2) is 0 Å². The number of aromatic nitrogens is 1. The maximum absolute atomic E-state index is 5.07. The molecular formula is C17H24N2S. The average Bonchev–Trinajstić information content (AvgIpc) is 3.04. The Bertz CT molecular complexity index is 614. The van der Waals surface area contributed by atoms with Crippen molar-refractivity contribution in [1.29, 1.82) is 0 Å². The summed E-state index contributed by atoms with van der Waals surface area (Å²) in [7, 11) is 2.22. The minimum absolute atomic E-state index is 0.115. The molecule has 0 aliphatic carbocycles. The Hall–Kier alpha value is -0.930. The molecule has 0 spiro atoms. The van der Waals surface area contributed by atoms with Crippen molar-refractivity contribution >= 4 is 23.5 Å². The van der Waals surface area contributed by atoms with Gasteiger partial charge in [-0.05, 0) is 63.0 Å². The second kappa shape index (κ2) is 5.12. The number of aryl methyl sites for hydroxylation is 1. The van der Waals surface area contributed by atoms with Crippen molar-refractivity contribution in [3.8, 4) is 0 Å². The van der Waals surface area contributed by atoms with E-state index >= 15 is 0 Å². The van der Waals surface area contributed by atoms with Crippen molar-refractivity contribution in [3.63, 3.8) is 0 Å². The summed E-state index contributed by atoms with van der Waals surface area (Å²) in [5.74, 6) is 0. The molecule has 0 bridgehead atoms. The molecule has 0 radical (unpaired) electrons. The lowest BCUT2D eigenvalue weighted by Gasteiger charge is -2.35. The molecule has 0 amide bonds. The van der Waals surface area contributed by atoms with E-state index in [-0.39, 0.29) is 4.75 Å². The van der Waals surface area contributed by atoms with E-state index < -0.39 is 0 Å². The number of aromatic amines is 1. The summed E-state index contributed by atoms with van der Waals surface area (Å²) in [6, 6.07) is 7.24. The van der Waals surface area contributed by atoms with E-state index in [0.717, 1.165) is 6.42 Å². The van der Waals surface area contributed by atoms with Crippen LogP contribution in [0.3, 0.4) is 0 Å². The second-order valence-electron chi connectivity index (χ2n) is 6.22. The molecule has 2 aromatic rings. The van der Waals surface area contributed by atoms with Crippen LogP contribution in [0, 0.1) is 0 Å². The van der Waals surface area contributed by atoms with Crippen molar-refractivity contribution in [2.24, 2.45) is 0 Å². The van der Waals surface area contributed by atoms with Gasteiger partial charge < -0.3 is 9.88 Å². The molecule has 1 aromatic carbocycles. The zero-order chi connectivity index (χ0) is 14.3. The van der Waals surface area contributed by atoms with Gasteiger partial charge in [-0.15, -0.1) is 0 Å². The fourth-order valence-corrected chi connectivity index (χ4v) is 4.12. The van der Waals surface area contributed by atoms with Crippen LogP contribution in [0.4, 0.5) is 0 Å². The van der Waals surface area contributed by atoms with Crippen LogP contribution < -0.4 is 0 Å². The summed E-state index contributed by atoms with van der Waals surface area (Å²) in [5.41, 5.74) is 3.95. The number of likely N-dealkylation sites (N-methyl/N-ethyl adjacent to an activating group) is 1. The summed E-state index contributed by atoms with van der Waals surface area (Å²) in [4.78, 5) is 5.87. The smallest absolute Gasteiger partial charge is 0.0525 e. The molecule has 1 fully saturated rings. The van der Waals surface area contributed by atoms with Crippen LogP contribution in [-0.4, -0.2) is 29.5 Å². The number of benzene rings is 1. The van der Waals surface area contributed by atoms with Crippen molar-refractivity contribution in [2.75, 3.05) is 13.6 Å². The van der Waals surface area contributed by atoms with Gasteiger partial charge in [-0.1, -0.05) is 13.0 Å². The lowest BCUT2D eigenvalue weighted by Crippen LogP contribution is -2.40. The molecule has 2 nitrogen and oxygen atoms in total. The Kier molecular flexibility index (Phi) is 3.59. The summed E-state index contributed by atoms with van der Waals surface area (Å²) < 4.78 is -0.115. The number of hydrogen-bond donors (Lipinski definition) is 2. The van der Waals surface area contributed by atoms with E-state index in [4.69, 9.17) is 12.6 Å². The van der Waals surface area contributed by atoms with Crippen molar-refractivity contribution in [2.45, 2.75) is 43.9 Å². The first kappa shape index (κ1) is 14.0. The number of fused-ring (bicyclic) bond motifs is 1. The molecule has 1 saturated heterocycles. The van der Waals surface area contributed by atoms with Gasteiger partial charge in [0.1, 0.15) is 0 Å². The largest absolute Gasteiger partial charge is 0.361 e. The SMILES string of the molecule is CCc1ccc2[nH]cc(C(C)(S)C3CCCN3C)c2c1. The molecule has 1 aliphatic rings. The molecule has 2 atom stereocenters. The number of thiol groups is 1. The first-order valence-corrected chi connectivity index (χ1v) is 8.02. The highest BCUT2D eigenvalue weighted by atomic mass is 32.1. The lowest BCUT2D eigenvalue weighted by atomic mass is 9.89. The van der Waals surface area contributed by atoms with E-state index in [0.29, 0.717) is 6.04 Å². The molecule has 20 heavy (non-hydrogen) atoms. The number of rotatable bonds is 3. The van der Waals surface area contributed by atoms with E-state index in [9.17, 15) is 0 Å². The van der Waals surface area contributed by atoms with Gasteiger partial charge in [-0.3, -0.25) is 0 Å². The van der Waals surface area contributed by atoms with Gasteiger partial charge in [0, 0.05) is 23.1 Å². The highest BCUT2D eigenvalue weighted by Gasteiger charge is 2.39. The van der Waals surface area contributed by atoms with E-state index in [1.54, 1.807) is 0 Å². The van der Waals surface area contributed by atoms with E-state index in [1.165, 1.54) is 41.4 Å². The fraction of sp³-hybridized carbons (Fsp3) is 0.529. The first-order valence-electron chi connectivity index (χ1n) is 7.57. The topological polar surface area (TPSA) is 19.0 Å². The molecule has 0 saturated carbocycles. The quantitative estimate of drug-likeness (QED) is 0.818. The number of H-pyrrole nitrogens is 1. The summed E-state index contributed by atoms with van der Waals surface area (Å²) >= 11 is 5.07. The predicted molar refractivity (Wildman–Crippen MR) is 89.7 cm³/mol. The molecule has 1 aliphatic heterocycles. The highest BCUT2D eigenvalue weighted by Crippen LogP contribution is 2.42. The van der Waals surface area contributed by atoms with Crippen LogP contribution >= 0.6 is 12.6 Å². The molecule has 108 valence electrons. The van der Waals surface area contributed by atoms with Gasteiger partial charge in [0.2, 0.25) is 0 Å². The van der Waals surface area contributed by atoms with Crippen LogP contribution in [0.25, 0.3) is 10.9 Å². The van der Waals surface area contributed by atoms with Crippen LogP contribution in [0.5, 0.6) is 0 Å². The fourth-order valence-electron chi connectivity index (χ4n) is 3.61. The number of likely N-dealkylation sites (tertiary alicyclic amines) is 1. The zero-order valence-corrected chi connectivity index (χ0v) is 13.5. The van der Waals surface area contributed by atoms with Crippen molar-refractivity contribution in [1.82, 2.24) is 9.88 Å². The van der Waals surface area contributed by atoms with Gasteiger partial charge in [0.25, 0.3) is 0 Å². The van der Waals surface area contributed by atoms with Gasteiger partial charge in [0.15, 0.2) is 0 Å². The van der Waals surface area contributed by atoms with Crippen LogP contribution in [0.15, 0.2) is 24.4 Å². The molecule has 2 unspecified atom stereocenters. The summed E-state index contributed by atoms with van der Waals surface area (Å²) in [6.45, 7) is 5.66. The van der Waals surface area contributed by atoms with Gasteiger partial charge >= 0.3 is 0 Å². The Morgan fingerprint density at radius 3 is 2.90 bits per heavy atom. The number of hydrogen-bond acceptors (Lipinski definition) is 2. The zero-order valence-electron chi connectivity index (χ0n) is 12.6. The third kappa shape index (κ3) is 2.17. The Labute approximate surface area is 127 Å². The van der Waals surface area contributed by atoms with Crippen LogP contribution in [-0.2, 0) is 11.2 Å². The monoisotopic (exact) mass is 288 g/mol. The van der Waals surface area contributed by atoms with Crippen LogP contribution in [0.1, 0.15) is 37.8 Å². The summed E-state index contributed by atoms with van der Waals surface area (Å²) in [6.07, 6.45) is 5.74. The van der Waals surface area contributed by atoms with Crippen LogP contribution in [0.2, 0.25) is 0 Å². The Morgan fingerprint density at radius 2 is 2.25 bits per heavy atom. The predicted octanol–water partition coefficient (Wildman–Crippen LogP) is 3.97. The maximum Gasteiger partial charge on any atom is 0.0525 e. The minimum atomic E-state index is -0.115. The van der Waals surface area contributed by atoms with Gasteiger partial charge in [-0.2, -0.15) is 12.6 Å². The molecule has 3 heteroatoms. The second-order valence-corrected chi connectivity index (χ2v) is 7.15. The lowest BCUT2D eigenvalue weighted by molar-refractivity contribution is 0.263. The number of nitrogens with zero attached hydrogens (tertiary/aromatic N) is 1. The van der Waals surface area contributed by atoms with Crippen molar-refractivity contribution < 1.29 is 0 Å². The van der Waals surface area contributed by atoms with Gasteiger partial charge in [0.05, 0.1) is 4.75 Å². The number of nitrogens with one attached hydrogen (secondary N) is 1. The third-order valence-corrected chi connectivity index (χ3v) is 5.41. The molecule has 1 N–H and O–H groups in total. The minimum Gasteiger partial charge on any atom is -0.361 e. The van der Waals surface area contributed by atoms with E-state index in [1.807, 2.05) is 0 Å². The van der Waals surface area contributed by atoms with E-state index in [2.05, 4.69) is 55.2 Å². The first-order chi connectivity index (χ1) is 9.54. The molecular weight excluding hydrogens is 264 g/mol. The molecule has 1 aromatic heterocycles. The standard InChI is InChI=1S/C17H24N2S/c1-4-12-7-8-15-13(10-12)14(11-18-15)17(2,20)16-6-5-9-19(16)3/h7-8,10-11,16,18,20H,4-6,9H2,1-3H3. The highest BCUT2D eigenvalue weighted by molar-refractivity contribution is 7.81. The normalized spacial score (nSPS) is 23.3. The maximum atomic E-state index is 5.07. The average molecular weight is 288 g/mol.